The summed E-state index contributed by atoms with van der Waals surface area (Å²) in [6, 6.07) is 6.01. The molecule has 0 aliphatic carbocycles. The van der Waals surface area contributed by atoms with Gasteiger partial charge in [0.15, 0.2) is 11.5 Å². The molecule has 2 aromatic rings. The van der Waals surface area contributed by atoms with Crippen molar-refractivity contribution in [1.82, 2.24) is 14.9 Å². The Kier molecular flexibility index (Phi) is 5.19. The topological polar surface area (TPSA) is 83.3 Å². The number of likely N-dealkylation sites (tertiary alicyclic amines) is 1. The summed E-state index contributed by atoms with van der Waals surface area (Å²) >= 11 is 0. The zero-order chi connectivity index (χ0) is 17.8. The molecule has 0 amide bonds. The van der Waals surface area contributed by atoms with E-state index < -0.39 is 0 Å². The number of methoxy groups -OCH3 is 2. The highest BCUT2D eigenvalue weighted by atomic mass is 16.5. The second-order valence-corrected chi connectivity index (χ2v) is 6.08. The zero-order valence-corrected chi connectivity index (χ0v) is 14.9. The van der Waals surface area contributed by atoms with E-state index >= 15 is 0 Å². The number of nitriles is 1. The highest BCUT2D eigenvalue weighted by Gasteiger charge is 2.20. The van der Waals surface area contributed by atoms with E-state index in [4.69, 9.17) is 9.47 Å². The van der Waals surface area contributed by atoms with Crippen LogP contribution in [0.5, 0.6) is 11.5 Å². The predicted molar refractivity (Wildman–Crippen MR) is 96.1 cm³/mol. The number of benzene rings is 1. The molecule has 132 valence electrons. The van der Waals surface area contributed by atoms with Gasteiger partial charge in [0.2, 0.25) is 5.82 Å². The minimum atomic E-state index is 0.146. The molecule has 25 heavy (non-hydrogen) atoms. The molecule has 0 atom stereocenters. The van der Waals surface area contributed by atoms with Gasteiger partial charge in [-0.3, -0.25) is 0 Å². The maximum atomic E-state index is 9.26. The smallest absolute Gasteiger partial charge is 0.234 e. The molecule has 0 bridgehead atoms. The van der Waals surface area contributed by atoms with Gasteiger partial charge < -0.3 is 19.7 Å². The molecule has 0 saturated carbocycles. The Hall–Kier alpha value is -2.59. The third-order valence-electron chi connectivity index (χ3n) is 4.68. The van der Waals surface area contributed by atoms with Gasteiger partial charge in [0.25, 0.3) is 0 Å². The molecule has 1 aliphatic heterocycles. The first-order valence-corrected chi connectivity index (χ1v) is 8.51. The average molecular weight is 341 g/mol. The molecule has 1 aromatic heterocycles. The lowest BCUT2D eigenvalue weighted by Gasteiger charge is -2.31. The summed E-state index contributed by atoms with van der Waals surface area (Å²) in [6.45, 7) is 5.40. The Morgan fingerprint density at radius 2 is 1.88 bits per heavy atom. The Labute approximate surface area is 147 Å². The molecule has 0 unspecified atom stereocenters. The minimum absolute atomic E-state index is 0.146. The van der Waals surface area contributed by atoms with Crippen molar-refractivity contribution in [2.24, 2.45) is 0 Å². The maximum Gasteiger partial charge on any atom is 0.234 e. The first kappa shape index (κ1) is 17.2. The summed E-state index contributed by atoms with van der Waals surface area (Å²) in [5, 5.41) is 13.6. The summed E-state index contributed by atoms with van der Waals surface area (Å²) in [7, 11) is 3.18. The second kappa shape index (κ2) is 7.53. The molecule has 1 N–H and O–H groups in total. The molecule has 1 aliphatic rings. The first-order chi connectivity index (χ1) is 12.2. The number of rotatable bonds is 5. The Morgan fingerprint density at radius 3 is 2.48 bits per heavy atom. The number of nitrogens with zero attached hydrogens (tertiary/aromatic N) is 4. The standard InChI is InChI=1S/C18H23N5O2/c1-4-23-7-5-12(6-8-23)20-18-13-9-15(24-2)16(25-3)10-14(13)21-17(11-19)22-18/h9-10,12H,4-8H2,1-3H3,(H,20,21,22). The number of aromatic nitrogens is 2. The van der Waals surface area contributed by atoms with Crippen LogP contribution in [0.3, 0.4) is 0 Å². The van der Waals surface area contributed by atoms with Crippen LogP contribution < -0.4 is 14.8 Å². The van der Waals surface area contributed by atoms with E-state index in [9.17, 15) is 5.26 Å². The van der Waals surface area contributed by atoms with Gasteiger partial charge in [0.1, 0.15) is 11.9 Å². The lowest BCUT2D eigenvalue weighted by atomic mass is 10.0. The van der Waals surface area contributed by atoms with Gasteiger partial charge in [0, 0.05) is 30.6 Å². The monoisotopic (exact) mass is 341 g/mol. The molecular formula is C18H23N5O2. The quantitative estimate of drug-likeness (QED) is 0.894. The predicted octanol–water partition coefficient (Wildman–Crippen LogP) is 2.41. The molecule has 0 radical (unpaired) electrons. The van der Waals surface area contributed by atoms with E-state index in [0.29, 0.717) is 28.9 Å². The third kappa shape index (κ3) is 3.59. The molecule has 1 fully saturated rings. The molecule has 1 saturated heterocycles. The third-order valence-corrected chi connectivity index (χ3v) is 4.68. The van der Waals surface area contributed by atoms with Crippen molar-refractivity contribution in [1.29, 1.82) is 5.26 Å². The van der Waals surface area contributed by atoms with Gasteiger partial charge in [-0.2, -0.15) is 5.26 Å². The fraction of sp³-hybridized carbons (Fsp3) is 0.500. The van der Waals surface area contributed by atoms with Gasteiger partial charge >= 0.3 is 0 Å². The van der Waals surface area contributed by atoms with E-state index in [1.165, 1.54) is 0 Å². The second-order valence-electron chi connectivity index (χ2n) is 6.08. The summed E-state index contributed by atoms with van der Waals surface area (Å²) in [5.74, 6) is 2.03. The fourth-order valence-electron chi connectivity index (χ4n) is 3.20. The minimum Gasteiger partial charge on any atom is -0.493 e. The Balaban J connectivity index is 1.97. The summed E-state index contributed by atoms with van der Waals surface area (Å²) < 4.78 is 10.7. The SMILES string of the molecule is CCN1CCC(Nc2nc(C#N)nc3cc(OC)c(OC)cc23)CC1. The van der Waals surface area contributed by atoms with Crippen LogP contribution in [0.15, 0.2) is 12.1 Å². The van der Waals surface area contributed by atoms with Crippen LogP contribution in [0, 0.1) is 11.3 Å². The average Bonchev–Trinajstić information content (AvgIpc) is 2.67. The summed E-state index contributed by atoms with van der Waals surface area (Å²) in [4.78, 5) is 11.1. The number of fused-ring (bicyclic) bond motifs is 1. The largest absolute Gasteiger partial charge is 0.493 e. The van der Waals surface area contributed by atoms with Crippen molar-refractivity contribution in [3.05, 3.63) is 18.0 Å². The highest BCUT2D eigenvalue weighted by Crippen LogP contribution is 2.34. The summed E-state index contributed by atoms with van der Waals surface area (Å²) in [6.07, 6.45) is 2.10. The van der Waals surface area contributed by atoms with Crippen LogP contribution in [-0.2, 0) is 0 Å². The van der Waals surface area contributed by atoms with E-state index in [0.717, 1.165) is 37.9 Å². The van der Waals surface area contributed by atoms with Crippen molar-refractivity contribution in [3.8, 4) is 17.6 Å². The maximum absolute atomic E-state index is 9.26. The van der Waals surface area contributed by atoms with E-state index in [1.807, 2.05) is 12.1 Å². The van der Waals surface area contributed by atoms with Gasteiger partial charge in [-0.05, 0) is 25.5 Å². The normalized spacial score (nSPS) is 15.8. The number of anilines is 1. The lowest BCUT2D eigenvalue weighted by Crippen LogP contribution is -2.39. The molecule has 2 heterocycles. The van der Waals surface area contributed by atoms with Crippen molar-refractivity contribution in [2.75, 3.05) is 39.2 Å². The first-order valence-electron chi connectivity index (χ1n) is 8.51. The molecule has 7 nitrogen and oxygen atoms in total. The number of ether oxygens (including phenoxy) is 2. The molecular weight excluding hydrogens is 318 g/mol. The van der Waals surface area contributed by atoms with Crippen molar-refractivity contribution >= 4 is 16.7 Å². The fourth-order valence-corrected chi connectivity index (χ4v) is 3.20. The number of hydrogen-bond donors (Lipinski definition) is 1. The highest BCUT2D eigenvalue weighted by molar-refractivity contribution is 5.92. The van der Waals surface area contributed by atoms with Gasteiger partial charge in [0.05, 0.1) is 19.7 Å². The van der Waals surface area contributed by atoms with E-state index in [2.05, 4.69) is 27.1 Å². The Morgan fingerprint density at radius 1 is 1.20 bits per heavy atom. The van der Waals surface area contributed by atoms with Crippen LogP contribution >= 0.6 is 0 Å². The number of piperidine rings is 1. The van der Waals surface area contributed by atoms with Crippen LogP contribution in [0.4, 0.5) is 5.82 Å². The summed E-state index contributed by atoms with van der Waals surface area (Å²) in [5.41, 5.74) is 0.665. The van der Waals surface area contributed by atoms with Crippen LogP contribution in [0.1, 0.15) is 25.6 Å². The zero-order valence-electron chi connectivity index (χ0n) is 14.9. The molecule has 1 aromatic carbocycles. The van der Waals surface area contributed by atoms with Crippen molar-refractivity contribution in [3.63, 3.8) is 0 Å². The number of nitrogens with one attached hydrogen (secondary N) is 1. The van der Waals surface area contributed by atoms with Crippen LogP contribution in [0.2, 0.25) is 0 Å². The van der Waals surface area contributed by atoms with Crippen LogP contribution in [0.25, 0.3) is 10.9 Å². The molecule has 7 heteroatoms. The van der Waals surface area contributed by atoms with E-state index in [1.54, 1.807) is 20.3 Å². The van der Waals surface area contributed by atoms with Gasteiger partial charge in [-0.25, -0.2) is 9.97 Å². The van der Waals surface area contributed by atoms with Gasteiger partial charge in [-0.15, -0.1) is 0 Å². The van der Waals surface area contributed by atoms with Gasteiger partial charge in [-0.1, -0.05) is 6.92 Å². The van der Waals surface area contributed by atoms with Crippen molar-refractivity contribution < 1.29 is 9.47 Å². The lowest BCUT2D eigenvalue weighted by molar-refractivity contribution is 0.229. The number of hydrogen-bond acceptors (Lipinski definition) is 7. The molecule has 0 spiro atoms. The van der Waals surface area contributed by atoms with Crippen molar-refractivity contribution in [2.45, 2.75) is 25.8 Å². The Bertz CT molecular complexity index is 794. The molecule has 3 rings (SSSR count). The van der Waals surface area contributed by atoms with Crippen LogP contribution in [-0.4, -0.2) is 54.8 Å². The van der Waals surface area contributed by atoms with E-state index in [-0.39, 0.29) is 5.82 Å².